The fourth-order valence-electron chi connectivity index (χ4n) is 2.68. The van der Waals surface area contributed by atoms with E-state index in [9.17, 15) is 4.79 Å². The Hall–Kier alpha value is -2.62. The molecule has 0 spiro atoms. The number of fused-ring (bicyclic) bond motifs is 1. The number of hydrogen-bond acceptors (Lipinski definition) is 2. The highest BCUT2D eigenvalue weighted by atomic mass is 16.1. The Morgan fingerprint density at radius 2 is 2.00 bits per heavy atom. The SMILES string of the molecule is Cc1ccccc1C(C)NC(=O)Cc1cn2ccccc2n1. The minimum absolute atomic E-state index is 0.00858. The van der Waals surface area contributed by atoms with Crippen LogP contribution in [0.3, 0.4) is 0 Å². The molecule has 4 nitrogen and oxygen atoms in total. The van der Waals surface area contributed by atoms with Gasteiger partial charge in [0.05, 0.1) is 18.2 Å². The zero-order chi connectivity index (χ0) is 15.5. The number of rotatable bonds is 4. The molecule has 3 aromatic rings. The van der Waals surface area contributed by atoms with E-state index in [0.717, 1.165) is 16.9 Å². The summed E-state index contributed by atoms with van der Waals surface area (Å²) < 4.78 is 1.92. The molecular weight excluding hydrogens is 274 g/mol. The first-order chi connectivity index (χ1) is 10.6. The van der Waals surface area contributed by atoms with Crippen LogP contribution in [0.4, 0.5) is 0 Å². The molecule has 1 N–H and O–H groups in total. The Kier molecular flexibility index (Phi) is 3.92. The normalized spacial score (nSPS) is 12.3. The number of nitrogens with one attached hydrogen (secondary N) is 1. The lowest BCUT2D eigenvalue weighted by atomic mass is 10.0. The van der Waals surface area contributed by atoms with Gasteiger partial charge in [0.1, 0.15) is 5.65 Å². The van der Waals surface area contributed by atoms with Crippen LogP contribution in [0, 0.1) is 6.92 Å². The average Bonchev–Trinajstić information content (AvgIpc) is 2.89. The lowest BCUT2D eigenvalue weighted by molar-refractivity contribution is -0.121. The molecule has 1 unspecified atom stereocenters. The van der Waals surface area contributed by atoms with Crippen molar-refractivity contribution >= 4 is 11.6 Å². The first-order valence-electron chi connectivity index (χ1n) is 7.41. The molecule has 112 valence electrons. The van der Waals surface area contributed by atoms with Crippen molar-refractivity contribution in [2.75, 3.05) is 0 Å². The number of amides is 1. The number of aryl methyl sites for hydroxylation is 1. The van der Waals surface area contributed by atoms with Crippen LogP contribution in [-0.4, -0.2) is 15.3 Å². The van der Waals surface area contributed by atoms with E-state index in [1.807, 2.05) is 60.1 Å². The maximum Gasteiger partial charge on any atom is 0.226 e. The van der Waals surface area contributed by atoms with Crippen LogP contribution in [0.5, 0.6) is 0 Å². The topological polar surface area (TPSA) is 46.4 Å². The van der Waals surface area contributed by atoms with E-state index in [0.29, 0.717) is 0 Å². The Morgan fingerprint density at radius 3 is 2.77 bits per heavy atom. The number of carbonyl (C=O) groups excluding carboxylic acids is 1. The van der Waals surface area contributed by atoms with Gasteiger partial charge < -0.3 is 9.72 Å². The smallest absolute Gasteiger partial charge is 0.226 e. The van der Waals surface area contributed by atoms with Crippen LogP contribution in [-0.2, 0) is 11.2 Å². The van der Waals surface area contributed by atoms with Gasteiger partial charge in [-0.1, -0.05) is 30.3 Å². The Morgan fingerprint density at radius 1 is 1.23 bits per heavy atom. The molecule has 2 heterocycles. The van der Waals surface area contributed by atoms with Crippen molar-refractivity contribution in [1.82, 2.24) is 14.7 Å². The minimum Gasteiger partial charge on any atom is -0.349 e. The van der Waals surface area contributed by atoms with Gasteiger partial charge >= 0.3 is 0 Å². The monoisotopic (exact) mass is 293 g/mol. The molecule has 22 heavy (non-hydrogen) atoms. The highest BCUT2D eigenvalue weighted by Gasteiger charge is 2.13. The third kappa shape index (κ3) is 3.01. The first kappa shape index (κ1) is 14.3. The van der Waals surface area contributed by atoms with Crippen molar-refractivity contribution in [3.63, 3.8) is 0 Å². The van der Waals surface area contributed by atoms with E-state index in [1.54, 1.807) is 0 Å². The highest BCUT2D eigenvalue weighted by molar-refractivity contribution is 5.78. The van der Waals surface area contributed by atoms with Gasteiger partial charge in [-0.3, -0.25) is 4.79 Å². The fourth-order valence-corrected chi connectivity index (χ4v) is 2.68. The van der Waals surface area contributed by atoms with Crippen LogP contribution in [0.25, 0.3) is 5.65 Å². The summed E-state index contributed by atoms with van der Waals surface area (Å²) in [4.78, 5) is 16.7. The zero-order valence-electron chi connectivity index (χ0n) is 12.8. The third-order valence-corrected chi connectivity index (χ3v) is 3.79. The molecule has 1 atom stereocenters. The van der Waals surface area contributed by atoms with Gasteiger partial charge in [0.2, 0.25) is 5.91 Å². The standard InChI is InChI=1S/C18H19N3O/c1-13-7-3-4-8-16(13)14(2)19-18(22)11-15-12-21-10-6-5-9-17(21)20-15/h3-10,12,14H,11H2,1-2H3,(H,19,22). The third-order valence-electron chi connectivity index (χ3n) is 3.79. The number of nitrogens with zero attached hydrogens (tertiary/aromatic N) is 2. The molecule has 0 radical (unpaired) electrons. The summed E-state index contributed by atoms with van der Waals surface area (Å²) in [5.74, 6) is -0.0147. The Balaban J connectivity index is 1.68. The van der Waals surface area contributed by atoms with Gasteiger partial charge in [-0.25, -0.2) is 4.98 Å². The van der Waals surface area contributed by atoms with Crippen LogP contribution in [0.1, 0.15) is 29.8 Å². The van der Waals surface area contributed by atoms with Crippen LogP contribution < -0.4 is 5.32 Å². The summed E-state index contributed by atoms with van der Waals surface area (Å²) in [6.45, 7) is 4.06. The van der Waals surface area contributed by atoms with Gasteiger partial charge in [0.15, 0.2) is 0 Å². The zero-order valence-corrected chi connectivity index (χ0v) is 12.8. The summed E-state index contributed by atoms with van der Waals surface area (Å²) in [5, 5.41) is 3.04. The molecule has 0 fully saturated rings. The predicted molar refractivity (Wildman–Crippen MR) is 86.6 cm³/mol. The first-order valence-corrected chi connectivity index (χ1v) is 7.41. The second-order valence-electron chi connectivity index (χ2n) is 5.52. The van der Waals surface area contributed by atoms with Gasteiger partial charge in [0, 0.05) is 12.4 Å². The molecule has 0 saturated heterocycles. The fraction of sp³-hybridized carbons (Fsp3) is 0.222. The average molecular weight is 293 g/mol. The number of benzene rings is 1. The predicted octanol–water partition coefficient (Wildman–Crippen LogP) is 3.06. The largest absolute Gasteiger partial charge is 0.349 e. The Labute approximate surface area is 129 Å². The number of aromatic nitrogens is 2. The molecule has 1 amide bonds. The number of carbonyl (C=O) groups is 1. The summed E-state index contributed by atoms with van der Waals surface area (Å²) in [5.41, 5.74) is 3.96. The van der Waals surface area contributed by atoms with Crippen LogP contribution >= 0.6 is 0 Å². The van der Waals surface area contributed by atoms with Crippen molar-refractivity contribution in [1.29, 1.82) is 0 Å². The number of imidazole rings is 1. The number of pyridine rings is 1. The van der Waals surface area contributed by atoms with E-state index in [2.05, 4.69) is 23.3 Å². The Bertz CT molecular complexity index is 774. The molecular formula is C18H19N3O. The van der Waals surface area contributed by atoms with Gasteiger partial charge in [-0.15, -0.1) is 0 Å². The molecule has 0 saturated carbocycles. The van der Waals surface area contributed by atoms with Crippen molar-refractivity contribution in [3.05, 3.63) is 71.7 Å². The van der Waals surface area contributed by atoms with Gasteiger partial charge in [-0.2, -0.15) is 0 Å². The maximum atomic E-state index is 12.2. The lowest BCUT2D eigenvalue weighted by Crippen LogP contribution is -2.28. The number of hydrogen-bond donors (Lipinski definition) is 1. The molecule has 3 rings (SSSR count). The summed E-state index contributed by atoms with van der Waals surface area (Å²) in [6, 6.07) is 13.9. The molecule has 0 bridgehead atoms. The van der Waals surface area contributed by atoms with Gasteiger partial charge in [0.25, 0.3) is 0 Å². The molecule has 4 heteroatoms. The van der Waals surface area contributed by atoms with Crippen LogP contribution in [0.2, 0.25) is 0 Å². The van der Waals surface area contributed by atoms with Crippen molar-refractivity contribution < 1.29 is 4.79 Å². The van der Waals surface area contributed by atoms with Crippen molar-refractivity contribution in [2.45, 2.75) is 26.3 Å². The van der Waals surface area contributed by atoms with E-state index in [4.69, 9.17) is 0 Å². The maximum absolute atomic E-state index is 12.2. The molecule has 0 aliphatic heterocycles. The summed E-state index contributed by atoms with van der Waals surface area (Å²) >= 11 is 0. The minimum atomic E-state index is -0.0147. The highest BCUT2D eigenvalue weighted by Crippen LogP contribution is 2.16. The van der Waals surface area contributed by atoms with Crippen LogP contribution in [0.15, 0.2) is 54.9 Å². The van der Waals surface area contributed by atoms with E-state index >= 15 is 0 Å². The quantitative estimate of drug-likeness (QED) is 0.803. The van der Waals surface area contributed by atoms with E-state index in [-0.39, 0.29) is 18.4 Å². The second-order valence-corrected chi connectivity index (χ2v) is 5.52. The van der Waals surface area contributed by atoms with Crippen molar-refractivity contribution in [2.24, 2.45) is 0 Å². The second kappa shape index (κ2) is 6.02. The molecule has 2 aromatic heterocycles. The lowest BCUT2D eigenvalue weighted by Gasteiger charge is -2.16. The van der Waals surface area contributed by atoms with Crippen molar-refractivity contribution in [3.8, 4) is 0 Å². The molecule has 0 aliphatic rings. The molecule has 1 aromatic carbocycles. The van der Waals surface area contributed by atoms with Gasteiger partial charge in [-0.05, 0) is 37.1 Å². The summed E-state index contributed by atoms with van der Waals surface area (Å²) in [7, 11) is 0. The van der Waals surface area contributed by atoms with E-state index in [1.165, 1.54) is 5.56 Å². The molecule has 0 aliphatic carbocycles. The van der Waals surface area contributed by atoms with E-state index < -0.39 is 0 Å². The summed E-state index contributed by atoms with van der Waals surface area (Å²) in [6.07, 6.45) is 4.12.